The number of ketones is 2. The van der Waals surface area contributed by atoms with Gasteiger partial charge in [-0.3, -0.25) is 9.59 Å². The quantitative estimate of drug-likeness (QED) is 0.721. The Morgan fingerprint density at radius 1 is 1.38 bits per heavy atom. The fraction of sp³-hybridized carbons (Fsp3) is 0.273. The summed E-state index contributed by atoms with van der Waals surface area (Å²) in [5.41, 5.74) is 0.794. The summed E-state index contributed by atoms with van der Waals surface area (Å²) >= 11 is 7.09. The summed E-state index contributed by atoms with van der Waals surface area (Å²) in [4.78, 5) is 23.1. The van der Waals surface area contributed by atoms with Crippen molar-refractivity contribution in [1.29, 1.82) is 0 Å². The van der Waals surface area contributed by atoms with E-state index in [2.05, 4.69) is 0 Å². The molecule has 0 bridgehead atoms. The van der Waals surface area contributed by atoms with Crippen molar-refractivity contribution in [2.24, 2.45) is 0 Å². The number of benzene rings is 1. The zero-order chi connectivity index (χ0) is 11.5. The van der Waals surface area contributed by atoms with Gasteiger partial charge < -0.3 is 4.74 Å². The minimum Gasteiger partial charge on any atom is -0.337 e. The number of ether oxygens (including phenoxy) is 1. The summed E-state index contributed by atoms with van der Waals surface area (Å²) in [6.07, 6.45) is 1.15. The van der Waals surface area contributed by atoms with Gasteiger partial charge in [0.2, 0.25) is 10.7 Å². The first-order chi connectivity index (χ1) is 7.60. The summed E-state index contributed by atoms with van der Waals surface area (Å²) in [5.74, 6) is -0.275. The van der Waals surface area contributed by atoms with Gasteiger partial charge in [0.25, 0.3) is 0 Å². The normalized spacial score (nSPS) is 31.0. The molecule has 1 aromatic rings. The fourth-order valence-corrected chi connectivity index (χ4v) is 3.02. The fourth-order valence-electron chi connectivity index (χ4n) is 2.03. The number of hydrogen-bond acceptors (Lipinski definition) is 4. The summed E-state index contributed by atoms with van der Waals surface area (Å²) in [5, 5.41) is 0.456. The Bertz CT molecular complexity index is 528. The number of carbonyl (C=O) groups excluding carboxylic acids is 2. The Balaban J connectivity index is 2.21. The predicted molar refractivity (Wildman–Crippen MR) is 61.2 cm³/mol. The number of rotatable bonds is 1. The molecule has 0 spiro atoms. The van der Waals surface area contributed by atoms with Gasteiger partial charge in [-0.25, -0.2) is 0 Å². The summed E-state index contributed by atoms with van der Waals surface area (Å²) in [6.45, 7) is 0. The molecule has 2 unspecified atom stereocenters. The average molecular weight is 255 g/mol. The van der Waals surface area contributed by atoms with Gasteiger partial charge in [0.15, 0.2) is 11.9 Å². The van der Waals surface area contributed by atoms with Crippen molar-refractivity contribution in [1.82, 2.24) is 0 Å². The maximum atomic E-state index is 12.1. The van der Waals surface area contributed by atoms with Crippen LogP contribution in [0.4, 0.5) is 0 Å². The molecule has 0 saturated carbocycles. The lowest BCUT2D eigenvalue weighted by molar-refractivity contribution is 0.0911. The molecule has 5 heteroatoms. The minimum atomic E-state index is -0.960. The van der Waals surface area contributed by atoms with Crippen LogP contribution < -0.4 is 0 Å². The summed E-state index contributed by atoms with van der Waals surface area (Å²) in [7, 11) is 0. The molecule has 1 saturated heterocycles. The summed E-state index contributed by atoms with van der Waals surface area (Å²) in [6, 6.07) is 4.74. The molecule has 1 aliphatic heterocycles. The number of fused-ring (bicyclic) bond motifs is 2. The molecule has 0 N–H and O–H groups in total. The van der Waals surface area contributed by atoms with Crippen molar-refractivity contribution in [2.45, 2.75) is 11.0 Å². The molecule has 1 heterocycles. The second-order valence-corrected chi connectivity index (χ2v) is 5.20. The van der Waals surface area contributed by atoms with E-state index in [1.54, 1.807) is 18.4 Å². The van der Waals surface area contributed by atoms with Crippen LogP contribution in [0, 0.1) is 0 Å². The Kier molecular flexibility index (Phi) is 2.00. The molecular formula is C11H7ClO3S. The third-order valence-corrected chi connectivity index (χ3v) is 4.27. The van der Waals surface area contributed by atoms with Gasteiger partial charge in [0.1, 0.15) is 0 Å². The van der Waals surface area contributed by atoms with Crippen LogP contribution in [-0.4, -0.2) is 28.9 Å². The van der Waals surface area contributed by atoms with Crippen LogP contribution in [0.1, 0.15) is 20.7 Å². The maximum Gasteiger partial charge on any atom is 0.211 e. The first-order valence-corrected chi connectivity index (χ1v) is 6.32. The maximum absolute atomic E-state index is 12.1. The minimum absolute atomic E-state index is 0.128. The molecule has 3 nitrogen and oxygen atoms in total. The molecule has 1 aliphatic carbocycles. The molecule has 3 rings (SSSR count). The highest BCUT2D eigenvalue weighted by Crippen LogP contribution is 2.52. The lowest BCUT2D eigenvalue weighted by atomic mass is 9.89. The van der Waals surface area contributed by atoms with E-state index in [0.29, 0.717) is 16.1 Å². The van der Waals surface area contributed by atoms with Crippen molar-refractivity contribution < 1.29 is 14.3 Å². The number of carbonyl (C=O) groups is 2. The lowest BCUT2D eigenvalue weighted by Gasteiger charge is -2.16. The Morgan fingerprint density at radius 2 is 2.12 bits per heavy atom. The van der Waals surface area contributed by atoms with Crippen LogP contribution >= 0.6 is 23.4 Å². The predicted octanol–water partition coefficient (Wildman–Crippen LogP) is 2.18. The number of epoxide rings is 1. The first kappa shape index (κ1) is 10.3. The van der Waals surface area contributed by atoms with Gasteiger partial charge in [-0.1, -0.05) is 11.6 Å². The molecule has 2 atom stereocenters. The second kappa shape index (κ2) is 3.09. The van der Waals surface area contributed by atoms with Crippen LogP contribution in [0.3, 0.4) is 0 Å². The Labute approximate surface area is 101 Å². The Hall–Kier alpha value is -0.840. The van der Waals surface area contributed by atoms with Gasteiger partial charge in [-0.05, 0) is 24.5 Å². The third-order valence-electron chi connectivity index (χ3n) is 2.93. The van der Waals surface area contributed by atoms with Crippen LogP contribution in [0.5, 0.6) is 0 Å². The van der Waals surface area contributed by atoms with Crippen molar-refractivity contribution >= 4 is 34.9 Å². The van der Waals surface area contributed by atoms with Gasteiger partial charge >= 0.3 is 0 Å². The number of halogens is 1. The topological polar surface area (TPSA) is 46.7 Å². The van der Waals surface area contributed by atoms with E-state index in [-0.39, 0.29) is 11.6 Å². The average Bonchev–Trinajstić information content (AvgIpc) is 3.02. The van der Waals surface area contributed by atoms with Crippen LogP contribution in [0.15, 0.2) is 18.2 Å². The largest absolute Gasteiger partial charge is 0.337 e. The highest BCUT2D eigenvalue weighted by Gasteiger charge is 2.69. The van der Waals surface area contributed by atoms with E-state index in [0.717, 1.165) is 0 Å². The molecule has 1 aromatic carbocycles. The van der Waals surface area contributed by atoms with Gasteiger partial charge in [-0.2, -0.15) is 0 Å². The zero-order valence-electron chi connectivity index (χ0n) is 8.32. The van der Waals surface area contributed by atoms with Crippen molar-refractivity contribution in [3.63, 3.8) is 0 Å². The number of thioether (sulfide) groups is 1. The monoisotopic (exact) mass is 254 g/mol. The molecule has 0 radical (unpaired) electrons. The third kappa shape index (κ3) is 1.09. The van der Waals surface area contributed by atoms with Crippen LogP contribution in [0.2, 0.25) is 5.02 Å². The molecule has 82 valence electrons. The molecular weight excluding hydrogens is 248 g/mol. The zero-order valence-corrected chi connectivity index (χ0v) is 9.89. The van der Waals surface area contributed by atoms with Crippen molar-refractivity contribution in [3.8, 4) is 0 Å². The van der Waals surface area contributed by atoms with E-state index in [9.17, 15) is 9.59 Å². The van der Waals surface area contributed by atoms with E-state index >= 15 is 0 Å². The van der Waals surface area contributed by atoms with E-state index in [1.807, 2.05) is 0 Å². The van der Waals surface area contributed by atoms with E-state index in [4.69, 9.17) is 16.3 Å². The second-order valence-electron chi connectivity index (χ2n) is 3.75. The van der Waals surface area contributed by atoms with Gasteiger partial charge in [-0.15, -0.1) is 11.8 Å². The number of hydrogen-bond donors (Lipinski definition) is 0. The molecule has 0 amide bonds. The van der Waals surface area contributed by atoms with Crippen LogP contribution in [-0.2, 0) is 4.74 Å². The molecule has 0 aromatic heterocycles. The van der Waals surface area contributed by atoms with Crippen molar-refractivity contribution in [3.05, 3.63) is 34.3 Å². The lowest BCUT2D eigenvalue weighted by Crippen LogP contribution is -2.34. The molecule has 1 fully saturated rings. The molecule has 2 aliphatic rings. The smallest absolute Gasteiger partial charge is 0.211 e. The highest BCUT2D eigenvalue weighted by molar-refractivity contribution is 8.01. The first-order valence-electron chi connectivity index (χ1n) is 4.71. The van der Waals surface area contributed by atoms with Gasteiger partial charge in [0, 0.05) is 16.1 Å². The highest BCUT2D eigenvalue weighted by atomic mass is 35.5. The molecule has 16 heavy (non-hydrogen) atoms. The SMILES string of the molecule is CSC12OC1C(=O)c1cc(Cl)ccc1C2=O. The van der Waals surface area contributed by atoms with Gasteiger partial charge in [0.05, 0.1) is 0 Å². The van der Waals surface area contributed by atoms with E-state index in [1.165, 1.54) is 17.8 Å². The number of Topliss-reactive ketones (excluding diaryl/α,β-unsaturated/α-hetero) is 2. The standard InChI is InChI=1S/C11H7ClO3S/c1-16-11-9(14)6-3-2-5(12)4-7(6)8(13)10(11)15-11/h2-4,10H,1H3. The van der Waals surface area contributed by atoms with E-state index < -0.39 is 11.0 Å². The van der Waals surface area contributed by atoms with Crippen molar-refractivity contribution in [2.75, 3.05) is 6.26 Å². The Morgan fingerprint density at radius 3 is 2.81 bits per heavy atom. The summed E-state index contributed by atoms with van der Waals surface area (Å²) < 4.78 is 5.28. The van der Waals surface area contributed by atoms with Crippen LogP contribution in [0.25, 0.3) is 0 Å².